The summed E-state index contributed by atoms with van der Waals surface area (Å²) in [4.78, 5) is 36.9. The van der Waals surface area contributed by atoms with E-state index in [9.17, 15) is 14.4 Å². The van der Waals surface area contributed by atoms with E-state index >= 15 is 0 Å². The van der Waals surface area contributed by atoms with Gasteiger partial charge < -0.3 is 5.32 Å². The van der Waals surface area contributed by atoms with Crippen molar-refractivity contribution >= 4 is 28.4 Å². The lowest BCUT2D eigenvalue weighted by atomic mass is 10.1. The Balaban J connectivity index is 1.80. The van der Waals surface area contributed by atoms with E-state index in [0.29, 0.717) is 29.4 Å². The largest absolute Gasteiger partial charge is 0.337 e. The van der Waals surface area contributed by atoms with Crippen molar-refractivity contribution in [1.82, 2.24) is 20.6 Å². The summed E-state index contributed by atoms with van der Waals surface area (Å²) in [5.74, 6) is -0.612. The number of urea groups is 1. The van der Waals surface area contributed by atoms with Gasteiger partial charge in [0.15, 0.2) is 5.69 Å². The van der Waals surface area contributed by atoms with Crippen molar-refractivity contribution in [3.05, 3.63) is 70.6 Å². The molecule has 0 saturated heterocycles. The molecule has 3 amide bonds. The third-order valence-electron chi connectivity index (χ3n) is 3.84. The van der Waals surface area contributed by atoms with Crippen molar-refractivity contribution in [2.45, 2.75) is 19.9 Å². The molecule has 0 saturated carbocycles. The van der Waals surface area contributed by atoms with Crippen LogP contribution in [0.1, 0.15) is 23.8 Å². The van der Waals surface area contributed by atoms with Gasteiger partial charge in [0.1, 0.15) is 0 Å². The third kappa shape index (κ3) is 4.12. The van der Waals surface area contributed by atoms with Crippen LogP contribution in [0.15, 0.2) is 59.4 Å². The number of hydrogen-bond acceptors (Lipinski definition) is 4. The van der Waals surface area contributed by atoms with E-state index in [1.165, 1.54) is 4.68 Å². The lowest BCUT2D eigenvalue weighted by Gasteiger charge is -2.12. The number of nitrogens with zero attached hydrogens (tertiary/aromatic N) is 2. The Kier molecular flexibility index (Phi) is 5.46. The molecule has 0 aliphatic carbocycles. The number of amides is 3. The zero-order valence-electron chi connectivity index (χ0n) is 14.7. The normalized spacial score (nSPS) is 10.4. The Hall–Kier alpha value is -3.68. The number of fused-ring (bicyclic) bond motifs is 1. The van der Waals surface area contributed by atoms with Crippen LogP contribution >= 0.6 is 0 Å². The second kappa shape index (κ2) is 8.13. The number of hydrogen-bond donors (Lipinski definition) is 3. The fourth-order valence-electron chi connectivity index (χ4n) is 2.62. The monoisotopic (exact) mass is 365 g/mol. The summed E-state index contributed by atoms with van der Waals surface area (Å²) in [7, 11) is 0. The molecule has 27 heavy (non-hydrogen) atoms. The van der Waals surface area contributed by atoms with Gasteiger partial charge in [0.25, 0.3) is 11.5 Å². The van der Waals surface area contributed by atoms with Gasteiger partial charge in [-0.25, -0.2) is 14.9 Å². The highest BCUT2D eigenvalue weighted by Gasteiger charge is 2.17. The number of anilines is 1. The van der Waals surface area contributed by atoms with Gasteiger partial charge in [0.05, 0.1) is 5.39 Å². The molecule has 0 bridgehead atoms. The van der Waals surface area contributed by atoms with Crippen molar-refractivity contribution in [3.63, 3.8) is 0 Å². The van der Waals surface area contributed by atoms with Crippen molar-refractivity contribution in [2.24, 2.45) is 0 Å². The summed E-state index contributed by atoms with van der Waals surface area (Å²) in [6, 6.07) is 15.0. The van der Waals surface area contributed by atoms with Crippen molar-refractivity contribution in [1.29, 1.82) is 0 Å². The molecule has 1 heterocycles. The third-order valence-corrected chi connectivity index (χ3v) is 3.84. The average Bonchev–Trinajstić information content (AvgIpc) is 2.69. The average molecular weight is 365 g/mol. The SMILES string of the molecule is CCCn1nc(C(=O)NNC(=O)Nc2ccccc2)c2ccccc2c1=O. The Morgan fingerprint density at radius 3 is 2.33 bits per heavy atom. The highest BCUT2D eigenvalue weighted by Crippen LogP contribution is 2.13. The Labute approximate surface area is 155 Å². The van der Waals surface area contributed by atoms with Gasteiger partial charge in [-0.3, -0.25) is 15.0 Å². The first-order valence-corrected chi connectivity index (χ1v) is 8.52. The van der Waals surface area contributed by atoms with Crippen LogP contribution in [-0.2, 0) is 6.54 Å². The number of aryl methyl sites for hydroxylation is 1. The van der Waals surface area contributed by atoms with E-state index in [2.05, 4.69) is 21.3 Å². The van der Waals surface area contributed by atoms with Crippen molar-refractivity contribution in [2.75, 3.05) is 5.32 Å². The fourth-order valence-corrected chi connectivity index (χ4v) is 2.62. The molecule has 0 aliphatic rings. The molecule has 0 atom stereocenters. The van der Waals surface area contributed by atoms with Crippen molar-refractivity contribution < 1.29 is 9.59 Å². The summed E-state index contributed by atoms with van der Waals surface area (Å²) < 4.78 is 1.27. The van der Waals surface area contributed by atoms with Gasteiger partial charge in [-0.05, 0) is 24.6 Å². The van der Waals surface area contributed by atoms with Crippen LogP contribution in [0.25, 0.3) is 10.8 Å². The molecule has 3 N–H and O–H groups in total. The lowest BCUT2D eigenvalue weighted by molar-refractivity contribution is 0.0932. The highest BCUT2D eigenvalue weighted by molar-refractivity contribution is 6.05. The number of hydrazine groups is 1. The van der Waals surface area contributed by atoms with E-state index in [1.807, 2.05) is 13.0 Å². The molecule has 138 valence electrons. The molecule has 3 aromatic rings. The van der Waals surface area contributed by atoms with Gasteiger partial charge in [-0.15, -0.1) is 0 Å². The zero-order valence-corrected chi connectivity index (χ0v) is 14.7. The quantitative estimate of drug-likeness (QED) is 0.617. The van der Waals surface area contributed by atoms with Crippen LogP contribution in [0.2, 0.25) is 0 Å². The molecular weight excluding hydrogens is 346 g/mol. The van der Waals surface area contributed by atoms with Crippen LogP contribution in [0.5, 0.6) is 0 Å². The van der Waals surface area contributed by atoms with Gasteiger partial charge >= 0.3 is 6.03 Å². The van der Waals surface area contributed by atoms with Crippen LogP contribution in [-0.4, -0.2) is 21.7 Å². The number of carbonyl (C=O) groups excluding carboxylic acids is 2. The molecule has 8 heteroatoms. The Morgan fingerprint density at radius 2 is 1.63 bits per heavy atom. The zero-order chi connectivity index (χ0) is 19.2. The standard InChI is InChI=1S/C19H19N5O3/c1-2-12-24-18(26)15-11-7-6-10-14(15)16(23-24)17(25)21-22-19(27)20-13-8-4-3-5-9-13/h3-11H,2,12H2,1H3,(H,21,25)(H2,20,22,27). The van der Waals surface area contributed by atoms with Gasteiger partial charge in [-0.1, -0.05) is 43.3 Å². The number of aromatic nitrogens is 2. The number of benzene rings is 2. The van der Waals surface area contributed by atoms with Gasteiger partial charge in [0, 0.05) is 17.6 Å². The minimum Gasteiger partial charge on any atom is -0.307 e. The fraction of sp³-hybridized carbons (Fsp3) is 0.158. The molecule has 0 radical (unpaired) electrons. The summed E-state index contributed by atoms with van der Waals surface area (Å²) in [5.41, 5.74) is 5.01. The maximum absolute atomic E-state index is 12.6. The van der Waals surface area contributed by atoms with E-state index in [0.717, 1.165) is 0 Å². The minimum atomic E-state index is -0.612. The first kappa shape index (κ1) is 18.1. The van der Waals surface area contributed by atoms with Crippen LogP contribution < -0.4 is 21.7 Å². The summed E-state index contributed by atoms with van der Waals surface area (Å²) in [6.07, 6.45) is 0.698. The summed E-state index contributed by atoms with van der Waals surface area (Å²) >= 11 is 0. The summed E-state index contributed by atoms with van der Waals surface area (Å²) in [6.45, 7) is 2.31. The summed E-state index contributed by atoms with van der Waals surface area (Å²) in [5, 5.41) is 7.59. The first-order valence-electron chi connectivity index (χ1n) is 8.52. The Bertz CT molecular complexity index is 1030. The second-order valence-electron chi connectivity index (χ2n) is 5.82. The number of nitrogens with one attached hydrogen (secondary N) is 3. The molecule has 0 spiro atoms. The predicted octanol–water partition coefficient (Wildman–Crippen LogP) is 2.27. The van der Waals surface area contributed by atoms with E-state index in [1.54, 1.807) is 48.5 Å². The van der Waals surface area contributed by atoms with Crippen LogP contribution in [0.3, 0.4) is 0 Å². The molecule has 3 rings (SSSR count). The van der Waals surface area contributed by atoms with E-state index in [4.69, 9.17) is 0 Å². The van der Waals surface area contributed by atoms with E-state index in [-0.39, 0.29) is 11.3 Å². The predicted molar refractivity (Wildman–Crippen MR) is 102 cm³/mol. The Morgan fingerprint density at radius 1 is 0.963 bits per heavy atom. The second-order valence-corrected chi connectivity index (χ2v) is 5.82. The molecule has 2 aromatic carbocycles. The van der Waals surface area contributed by atoms with Crippen molar-refractivity contribution in [3.8, 4) is 0 Å². The van der Waals surface area contributed by atoms with E-state index < -0.39 is 11.9 Å². The number of para-hydroxylation sites is 1. The molecule has 1 aromatic heterocycles. The molecule has 0 aliphatic heterocycles. The molecule has 8 nitrogen and oxygen atoms in total. The smallest absolute Gasteiger partial charge is 0.307 e. The highest BCUT2D eigenvalue weighted by atomic mass is 16.2. The van der Waals surface area contributed by atoms with Gasteiger partial charge in [-0.2, -0.15) is 5.10 Å². The van der Waals surface area contributed by atoms with Crippen LogP contribution in [0, 0.1) is 0 Å². The lowest BCUT2D eigenvalue weighted by Crippen LogP contribution is -2.44. The topological polar surface area (TPSA) is 105 Å². The number of rotatable bonds is 4. The molecular formula is C19H19N5O3. The van der Waals surface area contributed by atoms with Crippen LogP contribution in [0.4, 0.5) is 10.5 Å². The maximum atomic E-state index is 12.6. The minimum absolute atomic E-state index is 0.0682. The van der Waals surface area contributed by atoms with Gasteiger partial charge in [0.2, 0.25) is 0 Å². The maximum Gasteiger partial charge on any atom is 0.337 e. The first-order chi connectivity index (χ1) is 13.1. The molecule has 0 unspecified atom stereocenters. The molecule has 0 fully saturated rings. The number of carbonyl (C=O) groups is 2.